The molecule has 0 bridgehead atoms. The first-order valence-corrected chi connectivity index (χ1v) is 5.64. The molecule has 2 N–H and O–H groups in total. The molecule has 0 saturated carbocycles. The zero-order chi connectivity index (χ0) is 14.4. The maximum absolute atomic E-state index is 10.9. The number of carbonyl (C=O) groups is 1. The summed E-state index contributed by atoms with van der Waals surface area (Å²) in [5.41, 5.74) is 5.63. The molecule has 1 aromatic heterocycles. The maximum Gasteiger partial charge on any atom is 0.259 e. The fourth-order valence-electron chi connectivity index (χ4n) is 1.42. The lowest BCUT2D eigenvalue weighted by Gasteiger charge is -2.03. The third kappa shape index (κ3) is 3.40. The molecule has 98 valence electrons. The Bertz CT molecular complexity index is 673. The van der Waals surface area contributed by atoms with E-state index in [4.69, 9.17) is 15.7 Å². The smallest absolute Gasteiger partial charge is 0.259 e. The summed E-state index contributed by atoms with van der Waals surface area (Å²) >= 11 is 0. The Hall–Kier alpha value is -3.20. The third-order valence-corrected chi connectivity index (χ3v) is 2.34. The van der Waals surface area contributed by atoms with E-state index in [1.807, 2.05) is 0 Å². The van der Waals surface area contributed by atoms with Crippen molar-refractivity contribution >= 4 is 12.0 Å². The number of hydrogen-bond acceptors (Lipinski definition) is 5. The summed E-state index contributed by atoms with van der Waals surface area (Å²) in [4.78, 5) is 18.8. The highest BCUT2D eigenvalue weighted by molar-refractivity contribution is 6.00. The van der Waals surface area contributed by atoms with Crippen molar-refractivity contribution in [2.45, 2.75) is 0 Å². The first-order valence-electron chi connectivity index (χ1n) is 5.64. The van der Waals surface area contributed by atoms with Crippen LogP contribution >= 0.6 is 0 Å². The maximum atomic E-state index is 10.9. The molecule has 0 saturated heterocycles. The number of amides is 1. The molecule has 6 heteroatoms. The van der Waals surface area contributed by atoms with Crippen LogP contribution in [0.15, 0.2) is 48.4 Å². The van der Waals surface area contributed by atoms with Crippen molar-refractivity contribution in [2.24, 2.45) is 5.73 Å². The number of benzene rings is 1. The van der Waals surface area contributed by atoms with Crippen molar-refractivity contribution in [1.82, 2.24) is 9.97 Å². The van der Waals surface area contributed by atoms with Crippen LogP contribution in [0.2, 0.25) is 0 Å². The van der Waals surface area contributed by atoms with Gasteiger partial charge in [0, 0.05) is 12.4 Å². The first-order chi connectivity index (χ1) is 9.69. The van der Waals surface area contributed by atoms with E-state index in [-0.39, 0.29) is 5.57 Å². The lowest BCUT2D eigenvalue weighted by molar-refractivity contribution is -0.114. The van der Waals surface area contributed by atoms with E-state index in [1.165, 1.54) is 18.5 Å². The molecular formula is C14H10N4O2. The Labute approximate surface area is 115 Å². The van der Waals surface area contributed by atoms with E-state index in [2.05, 4.69) is 9.97 Å². The monoisotopic (exact) mass is 266 g/mol. The zero-order valence-electron chi connectivity index (χ0n) is 10.4. The number of primary amides is 1. The number of rotatable bonds is 4. The molecule has 0 spiro atoms. The molecule has 6 nitrogen and oxygen atoms in total. The largest absolute Gasteiger partial charge is 0.438 e. The van der Waals surface area contributed by atoms with Gasteiger partial charge in [0.1, 0.15) is 17.4 Å². The summed E-state index contributed by atoms with van der Waals surface area (Å²) in [7, 11) is 0. The Morgan fingerprint density at radius 1 is 1.30 bits per heavy atom. The molecule has 0 radical (unpaired) electrons. The van der Waals surface area contributed by atoms with Crippen molar-refractivity contribution in [3.63, 3.8) is 0 Å². The molecule has 2 rings (SSSR count). The Morgan fingerprint density at radius 3 is 2.60 bits per heavy atom. The van der Waals surface area contributed by atoms with E-state index < -0.39 is 5.91 Å². The molecule has 1 aromatic carbocycles. The molecular weight excluding hydrogens is 256 g/mol. The normalized spacial score (nSPS) is 10.7. The minimum absolute atomic E-state index is 0.104. The first kappa shape index (κ1) is 13.2. The van der Waals surface area contributed by atoms with Crippen molar-refractivity contribution in [3.05, 3.63) is 54.0 Å². The van der Waals surface area contributed by atoms with Gasteiger partial charge in [-0.25, -0.2) is 4.98 Å². The molecule has 0 fully saturated rings. The van der Waals surface area contributed by atoms with Crippen molar-refractivity contribution in [2.75, 3.05) is 0 Å². The lowest BCUT2D eigenvalue weighted by Crippen LogP contribution is -2.12. The van der Waals surface area contributed by atoms with Gasteiger partial charge >= 0.3 is 0 Å². The van der Waals surface area contributed by atoms with Crippen LogP contribution in [0.1, 0.15) is 5.56 Å². The SMILES string of the molecule is N#C/C(=C/c1ccc(Oc2cnccn2)cc1)C(N)=O. The number of aromatic nitrogens is 2. The average molecular weight is 266 g/mol. The van der Waals surface area contributed by atoms with Gasteiger partial charge in [0.05, 0.1) is 6.20 Å². The van der Waals surface area contributed by atoms with Crippen LogP contribution < -0.4 is 10.5 Å². The lowest BCUT2D eigenvalue weighted by atomic mass is 10.1. The second-order valence-electron chi connectivity index (χ2n) is 3.75. The van der Waals surface area contributed by atoms with Gasteiger partial charge in [0.15, 0.2) is 0 Å². The van der Waals surface area contributed by atoms with Crippen LogP contribution in [0.25, 0.3) is 6.08 Å². The number of nitrogens with two attached hydrogens (primary N) is 1. The quantitative estimate of drug-likeness (QED) is 0.669. The van der Waals surface area contributed by atoms with Crippen LogP contribution in [-0.2, 0) is 4.79 Å². The summed E-state index contributed by atoms with van der Waals surface area (Å²) in [6.45, 7) is 0. The van der Waals surface area contributed by atoms with Crippen LogP contribution in [0, 0.1) is 11.3 Å². The standard InChI is InChI=1S/C14H10N4O2/c15-8-11(14(16)19)7-10-1-3-12(4-2-10)20-13-9-17-5-6-18-13/h1-7,9H,(H2,16,19)/b11-7-. The van der Waals surface area contributed by atoms with Gasteiger partial charge in [0.2, 0.25) is 5.88 Å². The Balaban J connectivity index is 2.15. The number of ether oxygens (including phenoxy) is 1. The van der Waals surface area contributed by atoms with Gasteiger partial charge in [-0.05, 0) is 23.8 Å². The second-order valence-corrected chi connectivity index (χ2v) is 3.75. The molecule has 2 aromatic rings. The number of carbonyl (C=O) groups excluding carboxylic acids is 1. The number of nitrogens with zero attached hydrogens (tertiary/aromatic N) is 3. The second kappa shape index (κ2) is 6.11. The Morgan fingerprint density at radius 2 is 2.05 bits per heavy atom. The van der Waals surface area contributed by atoms with E-state index in [1.54, 1.807) is 36.5 Å². The number of hydrogen-bond donors (Lipinski definition) is 1. The fraction of sp³-hybridized carbons (Fsp3) is 0. The Kier molecular flexibility index (Phi) is 4.04. The molecule has 0 unspecified atom stereocenters. The molecule has 0 aliphatic rings. The molecule has 1 heterocycles. The van der Waals surface area contributed by atoms with Crippen LogP contribution in [0.4, 0.5) is 0 Å². The van der Waals surface area contributed by atoms with Gasteiger partial charge in [-0.3, -0.25) is 9.78 Å². The molecule has 20 heavy (non-hydrogen) atoms. The topological polar surface area (TPSA) is 102 Å². The summed E-state index contributed by atoms with van der Waals surface area (Å²) in [5.74, 6) is 0.193. The highest BCUT2D eigenvalue weighted by Crippen LogP contribution is 2.19. The third-order valence-electron chi connectivity index (χ3n) is 2.34. The predicted octanol–water partition coefficient (Wildman–Crippen LogP) is 1.66. The summed E-state index contributed by atoms with van der Waals surface area (Å²) in [6, 6.07) is 8.52. The van der Waals surface area contributed by atoms with Crippen LogP contribution in [-0.4, -0.2) is 15.9 Å². The van der Waals surface area contributed by atoms with Crippen LogP contribution in [0.5, 0.6) is 11.6 Å². The molecule has 0 aliphatic carbocycles. The van der Waals surface area contributed by atoms with E-state index >= 15 is 0 Å². The average Bonchev–Trinajstić information content (AvgIpc) is 2.47. The highest BCUT2D eigenvalue weighted by atomic mass is 16.5. The fourth-order valence-corrected chi connectivity index (χ4v) is 1.42. The van der Waals surface area contributed by atoms with Gasteiger partial charge < -0.3 is 10.5 Å². The van der Waals surface area contributed by atoms with Crippen molar-refractivity contribution in [3.8, 4) is 17.7 Å². The van der Waals surface area contributed by atoms with Crippen molar-refractivity contribution in [1.29, 1.82) is 5.26 Å². The molecule has 0 atom stereocenters. The van der Waals surface area contributed by atoms with E-state index in [0.29, 0.717) is 17.2 Å². The minimum Gasteiger partial charge on any atom is -0.438 e. The zero-order valence-corrected chi connectivity index (χ0v) is 10.4. The van der Waals surface area contributed by atoms with Gasteiger partial charge in [-0.2, -0.15) is 5.26 Å². The molecule has 0 aliphatic heterocycles. The van der Waals surface area contributed by atoms with Gasteiger partial charge in [-0.1, -0.05) is 12.1 Å². The highest BCUT2D eigenvalue weighted by Gasteiger charge is 2.03. The van der Waals surface area contributed by atoms with Crippen molar-refractivity contribution < 1.29 is 9.53 Å². The van der Waals surface area contributed by atoms with E-state index in [0.717, 1.165) is 0 Å². The van der Waals surface area contributed by atoms with Crippen LogP contribution in [0.3, 0.4) is 0 Å². The van der Waals surface area contributed by atoms with E-state index in [9.17, 15) is 4.79 Å². The molecule has 1 amide bonds. The summed E-state index contributed by atoms with van der Waals surface area (Å²) in [5, 5.41) is 8.75. The predicted molar refractivity (Wildman–Crippen MR) is 71.3 cm³/mol. The summed E-state index contributed by atoms with van der Waals surface area (Å²) < 4.78 is 5.46. The van der Waals surface area contributed by atoms with Gasteiger partial charge in [-0.15, -0.1) is 0 Å². The van der Waals surface area contributed by atoms with Gasteiger partial charge in [0.25, 0.3) is 5.91 Å². The number of nitriles is 1. The minimum atomic E-state index is -0.757. The summed E-state index contributed by atoms with van der Waals surface area (Å²) in [6.07, 6.45) is 5.98.